The van der Waals surface area contributed by atoms with Gasteiger partial charge >= 0.3 is 0 Å². The molecular weight excluding hydrogens is 362 g/mol. The topological polar surface area (TPSA) is 54.9 Å². The van der Waals surface area contributed by atoms with Crippen LogP contribution in [-0.2, 0) is 15.9 Å². The number of rotatable bonds is 10. The predicted molar refractivity (Wildman–Crippen MR) is 113 cm³/mol. The molecule has 0 spiro atoms. The fourth-order valence-electron chi connectivity index (χ4n) is 3.15. The summed E-state index contributed by atoms with van der Waals surface area (Å²) in [6.07, 6.45) is 3.04. The Labute approximate surface area is 168 Å². The molecule has 0 radical (unpaired) electrons. The summed E-state index contributed by atoms with van der Waals surface area (Å²) in [6.45, 7) is 9.47. The van der Waals surface area contributed by atoms with Gasteiger partial charge in [0, 0.05) is 44.3 Å². The summed E-state index contributed by atoms with van der Waals surface area (Å²) in [6, 6.07) is 8.07. The highest BCUT2D eigenvalue weighted by Gasteiger charge is 2.19. The summed E-state index contributed by atoms with van der Waals surface area (Å²) >= 11 is 6.09. The zero-order valence-electron chi connectivity index (χ0n) is 16.9. The Morgan fingerprint density at radius 1 is 1.37 bits per heavy atom. The first-order valence-electron chi connectivity index (χ1n) is 9.83. The van der Waals surface area contributed by atoms with Crippen LogP contribution in [0.1, 0.15) is 32.3 Å². The van der Waals surface area contributed by atoms with Gasteiger partial charge in [0.1, 0.15) is 0 Å². The summed E-state index contributed by atoms with van der Waals surface area (Å²) in [5.74, 6) is 1.41. The maximum Gasteiger partial charge on any atom is 0.190 e. The van der Waals surface area contributed by atoms with Gasteiger partial charge in [-0.3, -0.25) is 4.99 Å². The van der Waals surface area contributed by atoms with E-state index in [-0.39, 0.29) is 5.41 Å². The molecule has 1 atom stereocenters. The van der Waals surface area contributed by atoms with Crippen molar-refractivity contribution in [3.8, 4) is 0 Å². The average Bonchev–Trinajstić information content (AvgIpc) is 3.13. The van der Waals surface area contributed by atoms with Crippen LogP contribution in [0.3, 0.4) is 0 Å². The molecule has 6 heteroatoms. The van der Waals surface area contributed by atoms with Gasteiger partial charge in [-0.05, 0) is 42.4 Å². The second-order valence-electron chi connectivity index (χ2n) is 7.98. The predicted octanol–water partition coefficient (Wildman–Crippen LogP) is 3.52. The van der Waals surface area contributed by atoms with Gasteiger partial charge < -0.3 is 20.1 Å². The first-order chi connectivity index (χ1) is 13.0. The van der Waals surface area contributed by atoms with Crippen LogP contribution in [0.2, 0.25) is 5.02 Å². The third-order valence-electron chi connectivity index (χ3n) is 4.67. The van der Waals surface area contributed by atoms with Crippen LogP contribution in [0.15, 0.2) is 29.3 Å². The summed E-state index contributed by atoms with van der Waals surface area (Å²) in [4.78, 5) is 4.31. The zero-order valence-corrected chi connectivity index (χ0v) is 17.6. The molecule has 1 fully saturated rings. The average molecular weight is 396 g/mol. The molecule has 1 saturated heterocycles. The number of halogens is 1. The Bertz CT molecular complexity index is 587. The molecule has 27 heavy (non-hydrogen) atoms. The summed E-state index contributed by atoms with van der Waals surface area (Å²) in [5.41, 5.74) is 1.34. The molecule has 0 bridgehead atoms. The van der Waals surface area contributed by atoms with E-state index in [1.807, 2.05) is 18.2 Å². The standard InChI is InChI=1S/C21H34ClN3O2/c1-21(2,13-17-6-4-7-19(22)12-17)16-25-20(23-3)24-9-5-10-26-14-18-8-11-27-15-18/h4,6-7,12,18H,5,8-11,13-16H2,1-3H3,(H2,23,24,25). The Morgan fingerprint density at radius 2 is 2.22 bits per heavy atom. The number of hydrogen-bond acceptors (Lipinski definition) is 3. The molecule has 2 N–H and O–H groups in total. The Kier molecular flexibility index (Phi) is 9.39. The molecule has 1 aliphatic heterocycles. The quantitative estimate of drug-likeness (QED) is 0.361. The molecule has 1 aromatic carbocycles. The molecule has 0 aliphatic carbocycles. The lowest BCUT2D eigenvalue weighted by molar-refractivity contribution is 0.0888. The monoisotopic (exact) mass is 395 g/mol. The molecule has 152 valence electrons. The van der Waals surface area contributed by atoms with Crippen LogP contribution in [0, 0.1) is 11.3 Å². The highest BCUT2D eigenvalue weighted by atomic mass is 35.5. The van der Waals surface area contributed by atoms with Crippen molar-refractivity contribution in [1.29, 1.82) is 0 Å². The van der Waals surface area contributed by atoms with Crippen molar-refractivity contribution in [1.82, 2.24) is 10.6 Å². The van der Waals surface area contributed by atoms with E-state index in [1.165, 1.54) is 5.56 Å². The van der Waals surface area contributed by atoms with Crippen LogP contribution in [0.5, 0.6) is 0 Å². The highest BCUT2D eigenvalue weighted by Crippen LogP contribution is 2.22. The molecule has 0 amide bonds. The van der Waals surface area contributed by atoms with Crippen LogP contribution < -0.4 is 10.6 Å². The van der Waals surface area contributed by atoms with Gasteiger partial charge in [-0.15, -0.1) is 0 Å². The minimum Gasteiger partial charge on any atom is -0.381 e. The summed E-state index contributed by atoms with van der Waals surface area (Å²) < 4.78 is 11.1. The van der Waals surface area contributed by atoms with Crippen LogP contribution in [-0.4, -0.2) is 52.5 Å². The molecule has 5 nitrogen and oxygen atoms in total. The first kappa shape index (κ1) is 22.0. The lowest BCUT2D eigenvalue weighted by Gasteiger charge is -2.26. The fourth-order valence-corrected chi connectivity index (χ4v) is 3.36. The number of aliphatic imine (C=N–C) groups is 1. The minimum atomic E-state index is 0.0920. The lowest BCUT2D eigenvalue weighted by Crippen LogP contribution is -2.43. The number of nitrogens with zero attached hydrogens (tertiary/aromatic N) is 1. The molecule has 1 aliphatic rings. The van der Waals surface area contributed by atoms with Gasteiger partial charge in [0.15, 0.2) is 5.96 Å². The van der Waals surface area contributed by atoms with Gasteiger partial charge in [-0.1, -0.05) is 37.6 Å². The van der Waals surface area contributed by atoms with Crippen molar-refractivity contribution >= 4 is 17.6 Å². The van der Waals surface area contributed by atoms with Gasteiger partial charge in [-0.2, -0.15) is 0 Å². The molecule has 1 aromatic rings. The zero-order chi connectivity index (χ0) is 19.5. The third kappa shape index (κ3) is 8.96. The minimum absolute atomic E-state index is 0.0920. The van der Waals surface area contributed by atoms with Crippen molar-refractivity contribution in [2.45, 2.75) is 33.1 Å². The smallest absolute Gasteiger partial charge is 0.190 e. The summed E-state index contributed by atoms with van der Waals surface area (Å²) in [5, 5.41) is 7.57. The van der Waals surface area contributed by atoms with Gasteiger partial charge in [-0.25, -0.2) is 0 Å². The second-order valence-corrected chi connectivity index (χ2v) is 8.42. The number of nitrogens with one attached hydrogen (secondary N) is 2. The Balaban J connectivity index is 1.60. The summed E-state index contributed by atoms with van der Waals surface area (Å²) in [7, 11) is 1.80. The van der Waals surface area contributed by atoms with Crippen LogP contribution in [0.25, 0.3) is 0 Å². The molecule has 1 heterocycles. The first-order valence-corrected chi connectivity index (χ1v) is 10.2. The molecular formula is C21H34ClN3O2. The van der Waals surface area contributed by atoms with Crippen LogP contribution >= 0.6 is 11.6 Å². The maximum absolute atomic E-state index is 6.09. The van der Waals surface area contributed by atoms with Gasteiger partial charge in [0.05, 0.1) is 13.2 Å². The molecule has 0 aromatic heterocycles. The number of benzene rings is 1. The van der Waals surface area contributed by atoms with E-state index in [4.69, 9.17) is 21.1 Å². The molecule has 1 unspecified atom stereocenters. The second kappa shape index (κ2) is 11.5. The number of guanidine groups is 1. The van der Waals surface area contributed by atoms with Crippen molar-refractivity contribution in [3.05, 3.63) is 34.9 Å². The van der Waals surface area contributed by atoms with E-state index in [2.05, 4.69) is 35.5 Å². The molecule has 2 rings (SSSR count). The van der Waals surface area contributed by atoms with E-state index in [0.717, 1.165) is 69.8 Å². The Hall–Kier alpha value is -1.30. The van der Waals surface area contributed by atoms with Gasteiger partial charge in [0.2, 0.25) is 0 Å². The van der Waals surface area contributed by atoms with Gasteiger partial charge in [0.25, 0.3) is 0 Å². The SMILES string of the molecule is CN=C(NCCCOCC1CCOC1)NCC(C)(C)Cc1cccc(Cl)c1. The normalized spacial score (nSPS) is 17.9. The fraction of sp³-hybridized carbons (Fsp3) is 0.667. The van der Waals surface area contributed by atoms with Crippen molar-refractivity contribution < 1.29 is 9.47 Å². The van der Waals surface area contributed by atoms with E-state index >= 15 is 0 Å². The lowest BCUT2D eigenvalue weighted by atomic mass is 9.86. The Morgan fingerprint density at radius 3 is 2.93 bits per heavy atom. The van der Waals surface area contributed by atoms with E-state index in [1.54, 1.807) is 7.05 Å². The molecule has 0 saturated carbocycles. The van der Waals surface area contributed by atoms with E-state index in [9.17, 15) is 0 Å². The van der Waals surface area contributed by atoms with Crippen molar-refractivity contribution in [2.24, 2.45) is 16.3 Å². The largest absolute Gasteiger partial charge is 0.381 e. The third-order valence-corrected chi connectivity index (χ3v) is 4.90. The number of hydrogen-bond donors (Lipinski definition) is 2. The van der Waals surface area contributed by atoms with Crippen molar-refractivity contribution in [3.63, 3.8) is 0 Å². The highest BCUT2D eigenvalue weighted by molar-refractivity contribution is 6.30. The van der Waals surface area contributed by atoms with E-state index in [0.29, 0.717) is 5.92 Å². The van der Waals surface area contributed by atoms with Crippen molar-refractivity contribution in [2.75, 3.05) is 46.6 Å². The maximum atomic E-state index is 6.09. The number of ether oxygens (including phenoxy) is 2. The van der Waals surface area contributed by atoms with E-state index < -0.39 is 0 Å². The van der Waals surface area contributed by atoms with Crippen LogP contribution in [0.4, 0.5) is 0 Å².